The van der Waals surface area contributed by atoms with Gasteiger partial charge in [-0.2, -0.15) is 0 Å². The van der Waals surface area contributed by atoms with E-state index in [0.29, 0.717) is 6.42 Å². The van der Waals surface area contributed by atoms with Crippen LogP contribution in [0.4, 0.5) is 0 Å². The van der Waals surface area contributed by atoms with Gasteiger partial charge in [0.05, 0.1) is 12.5 Å². The Hall–Kier alpha value is -3.95. The van der Waals surface area contributed by atoms with Crippen molar-refractivity contribution in [3.63, 3.8) is 0 Å². The Kier molecular flexibility index (Phi) is 12.1. The first kappa shape index (κ1) is 30.1. The van der Waals surface area contributed by atoms with E-state index in [-0.39, 0.29) is 44.7 Å². The molecule has 0 aromatic heterocycles. The minimum absolute atomic E-state index is 0.00391. The van der Waals surface area contributed by atoms with Crippen LogP contribution in [0.2, 0.25) is 0 Å². The van der Waals surface area contributed by atoms with E-state index in [1.54, 1.807) is 0 Å². The van der Waals surface area contributed by atoms with Gasteiger partial charge in [-0.1, -0.05) is 0 Å². The van der Waals surface area contributed by atoms with Gasteiger partial charge in [-0.3, -0.25) is 29.0 Å². The number of aliphatic carboxylic acids is 3. The standard InChI is InChI=1S/C20H33N7O9/c21-10(5-6-14(28)29)16(32)26-12(9-15(30)31)17(33)25-11(3-1-7-24-20(22)23)18(34)27-8-2-4-13(27)19(35)36/h10-13H,1-9,21H2,(H,25,33)(H,26,32)(H,28,29)(H,30,31)(H,35,36)(H4,22,23,24). The molecule has 0 aliphatic carbocycles. The Labute approximate surface area is 206 Å². The van der Waals surface area contributed by atoms with Crippen LogP contribution in [0.15, 0.2) is 4.99 Å². The zero-order valence-corrected chi connectivity index (χ0v) is 19.6. The van der Waals surface area contributed by atoms with E-state index < -0.39 is 72.6 Å². The van der Waals surface area contributed by atoms with Gasteiger partial charge in [-0.15, -0.1) is 0 Å². The highest BCUT2D eigenvalue weighted by Gasteiger charge is 2.38. The molecule has 1 aliphatic rings. The summed E-state index contributed by atoms with van der Waals surface area (Å²) in [6.07, 6.45) is -0.617. The zero-order chi connectivity index (χ0) is 27.4. The molecule has 0 spiro atoms. The minimum Gasteiger partial charge on any atom is -0.481 e. The maximum Gasteiger partial charge on any atom is 0.326 e. The largest absolute Gasteiger partial charge is 0.481 e. The van der Waals surface area contributed by atoms with Crippen LogP contribution >= 0.6 is 0 Å². The monoisotopic (exact) mass is 515 g/mol. The fraction of sp³-hybridized carbons (Fsp3) is 0.650. The average Bonchev–Trinajstić information content (AvgIpc) is 3.28. The van der Waals surface area contributed by atoms with E-state index in [0.717, 1.165) is 4.90 Å². The number of aliphatic imine (C=N–C) groups is 1. The molecule has 16 heteroatoms. The third kappa shape index (κ3) is 10.1. The van der Waals surface area contributed by atoms with Gasteiger partial charge in [-0.05, 0) is 32.1 Å². The molecule has 0 aromatic carbocycles. The van der Waals surface area contributed by atoms with Crippen LogP contribution in [0, 0.1) is 0 Å². The maximum atomic E-state index is 13.1. The molecule has 202 valence electrons. The number of carbonyl (C=O) groups excluding carboxylic acids is 3. The molecular weight excluding hydrogens is 482 g/mol. The first-order chi connectivity index (χ1) is 16.8. The average molecular weight is 516 g/mol. The van der Waals surface area contributed by atoms with Gasteiger partial charge in [0, 0.05) is 19.5 Å². The molecule has 3 amide bonds. The summed E-state index contributed by atoms with van der Waals surface area (Å²) in [6, 6.07) is -5.27. The Balaban J connectivity index is 3.02. The second-order valence-corrected chi connectivity index (χ2v) is 8.24. The molecule has 0 radical (unpaired) electrons. The lowest BCUT2D eigenvalue weighted by molar-refractivity contribution is -0.149. The molecule has 4 atom stereocenters. The van der Waals surface area contributed by atoms with Crippen LogP contribution in [0.1, 0.15) is 44.9 Å². The third-order valence-electron chi connectivity index (χ3n) is 5.40. The van der Waals surface area contributed by atoms with Crippen molar-refractivity contribution in [1.82, 2.24) is 15.5 Å². The fourth-order valence-electron chi connectivity index (χ4n) is 3.59. The Morgan fingerprint density at radius 1 is 0.944 bits per heavy atom. The van der Waals surface area contributed by atoms with E-state index in [4.69, 9.17) is 22.3 Å². The summed E-state index contributed by atoms with van der Waals surface area (Å²) in [5.74, 6) is -6.65. The molecule has 1 heterocycles. The van der Waals surface area contributed by atoms with Crippen molar-refractivity contribution in [2.45, 2.75) is 69.1 Å². The second kappa shape index (κ2) is 14.4. The number of carboxylic acids is 3. The first-order valence-corrected chi connectivity index (χ1v) is 11.2. The molecule has 1 rings (SSSR count). The number of likely N-dealkylation sites (tertiary alicyclic amines) is 1. The van der Waals surface area contributed by atoms with Gasteiger partial charge < -0.3 is 48.1 Å². The van der Waals surface area contributed by atoms with Crippen LogP contribution in [-0.2, 0) is 28.8 Å². The molecule has 0 saturated carbocycles. The van der Waals surface area contributed by atoms with E-state index >= 15 is 0 Å². The van der Waals surface area contributed by atoms with Crippen LogP contribution in [0.25, 0.3) is 0 Å². The molecule has 11 N–H and O–H groups in total. The molecular formula is C20H33N7O9. The number of carboxylic acid groups (broad SMARTS) is 3. The predicted molar refractivity (Wildman–Crippen MR) is 123 cm³/mol. The number of nitrogens with zero attached hydrogens (tertiary/aromatic N) is 2. The van der Waals surface area contributed by atoms with Gasteiger partial charge in [0.2, 0.25) is 17.7 Å². The molecule has 0 aromatic rings. The number of nitrogens with one attached hydrogen (secondary N) is 2. The van der Waals surface area contributed by atoms with Crippen LogP contribution < -0.4 is 27.8 Å². The topological polar surface area (TPSA) is 281 Å². The van der Waals surface area contributed by atoms with E-state index in [1.807, 2.05) is 0 Å². The molecule has 1 aliphatic heterocycles. The molecule has 36 heavy (non-hydrogen) atoms. The van der Waals surface area contributed by atoms with Crippen LogP contribution in [-0.4, -0.2) is 99.1 Å². The summed E-state index contributed by atoms with van der Waals surface area (Å²) in [6.45, 7) is 0.266. The number of amides is 3. The SMILES string of the molecule is NC(N)=NCCCC(NC(=O)C(CC(=O)O)NC(=O)C(N)CCC(=O)O)C(=O)N1CCCC1C(=O)O. The highest BCUT2D eigenvalue weighted by molar-refractivity contribution is 5.95. The van der Waals surface area contributed by atoms with Gasteiger partial charge in [0.25, 0.3) is 0 Å². The zero-order valence-electron chi connectivity index (χ0n) is 19.6. The fourth-order valence-corrected chi connectivity index (χ4v) is 3.59. The van der Waals surface area contributed by atoms with Gasteiger partial charge in [0.1, 0.15) is 18.1 Å². The quantitative estimate of drug-likeness (QED) is 0.0606. The number of hydrogen-bond donors (Lipinski definition) is 8. The highest BCUT2D eigenvalue weighted by Crippen LogP contribution is 2.19. The van der Waals surface area contributed by atoms with Crippen molar-refractivity contribution in [3.8, 4) is 0 Å². The lowest BCUT2D eigenvalue weighted by Crippen LogP contribution is -2.57. The van der Waals surface area contributed by atoms with Crippen molar-refractivity contribution in [1.29, 1.82) is 0 Å². The predicted octanol–water partition coefficient (Wildman–Crippen LogP) is -3.25. The van der Waals surface area contributed by atoms with E-state index in [2.05, 4.69) is 15.6 Å². The molecule has 1 saturated heterocycles. The lowest BCUT2D eigenvalue weighted by Gasteiger charge is -2.28. The minimum atomic E-state index is -1.63. The normalized spacial score (nSPS) is 17.4. The summed E-state index contributed by atoms with van der Waals surface area (Å²) in [4.78, 5) is 76.7. The number of carbonyl (C=O) groups is 6. The Morgan fingerprint density at radius 2 is 1.58 bits per heavy atom. The van der Waals surface area contributed by atoms with Crippen molar-refractivity contribution < 1.29 is 44.1 Å². The first-order valence-electron chi connectivity index (χ1n) is 11.2. The summed E-state index contributed by atoms with van der Waals surface area (Å²) in [5.41, 5.74) is 16.2. The van der Waals surface area contributed by atoms with E-state index in [1.165, 1.54) is 0 Å². The maximum absolute atomic E-state index is 13.1. The number of hydrogen-bond acceptors (Lipinski definition) is 8. The van der Waals surface area contributed by atoms with Crippen molar-refractivity contribution in [3.05, 3.63) is 0 Å². The number of guanidine groups is 1. The highest BCUT2D eigenvalue weighted by atomic mass is 16.4. The van der Waals surface area contributed by atoms with Crippen LogP contribution in [0.5, 0.6) is 0 Å². The molecule has 0 bridgehead atoms. The van der Waals surface area contributed by atoms with E-state index in [9.17, 15) is 39.0 Å². The second-order valence-electron chi connectivity index (χ2n) is 8.24. The summed E-state index contributed by atoms with van der Waals surface area (Å²) in [7, 11) is 0. The van der Waals surface area contributed by atoms with Crippen molar-refractivity contribution in [2.75, 3.05) is 13.1 Å². The number of nitrogens with two attached hydrogens (primary N) is 3. The number of rotatable bonds is 15. The van der Waals surface area contributed by atoms with Crippen molar-refractivity contribution in [2.24, 2.45) is 22.2 Å². The van der Waals surface area contributed by atoms with Gasteiger partial charge in [0.15, 0.2) is 5.96 Å². The van der Waals surface area contributed by atoms with Gasteiger partial charge >= 0.3 is 17.9 Å². The smallest absolute Gasteiger partial charge is 0.326 e. The molecule has 4 unspecified atom stereocenters. The Morgan fingerprint density at radius 3 is 2.14 bits per heavy atom. The Bertz CT molecular complexity index is 876. The van der Waals surface area contributed by atoms with Crippen LogP contribution in [0.3, 0.4) is 0 Å². The summed E-state index contributed by atoms with van der Waals surface area (Å²) >= 11 is 0. The van der Waals surface area contributed by atoms with Gasteiger partial charge in [-0.25, -0.2) is 4.79 Å². The van der Waals surface area contributed by atoms with Crippen molar-refractivity contribution >= 4 is 41.6 Å². The summed E-state index contributed by atoms with van der Waals surface area (Å²) in [5, 5.41) is 31.9. The molecule has 16 nitrogen and oxygen atoms in total. The third-order valence-corrected chi connectivity index (χ3v) is 5.40. The molecule has 1 fully saturated rings. The summed E-state index contributed by atoms with van der Waals surface area (Å²) < 4.78 is 0. The lowest BCUT2D eigenvalue weighted by atomic mass is 10.1.